The fourth-order valence-corrected chi connectivity index (χ4v) is 2.60. The molecule has 6 heteroatoms. The van der Waals surface area contributed by atoms with Crippen LogP contribution in [-0.4, -0.2) is 27.8 Å². The first-order chi connectivity index (χ1) is 13.2. The second-order valence-corrected chi connectivity index (χ2v) is 6.00. The Morgan fingerprint density at radius 3 is 2.44 bits per heavy atom. The molecule has 27 heavy (non-hydrogen) atoms. The molecule has 0 fully saturated rings. The van der Waals surface area contributed by atoms with Gasteiger partial charge in [0.25, 0.3) is 5.91 Å². The molecule has 1 unspecified atom stereocenters. The Bertz CT molecular complexity index is 870. The van der Waals surface area contributed by atoms with Gasteiger partial charge < -0.3 is 10.6 Å². The average molecular weight is 360 g/mol. The third-order valence-corrected chi connectivity index (χ3v) is 4.00. The Hall–Kier alpha value is -3.54. The highest BCUT2D eigenvalue weighted by Crippen LogP contribution is 2.06. The number of rotatable bonds is 7. The smallest absolute Gasteiger partial charge is 0.253 e. The number of carbonyl (C=O) groups is 2. The zero-order chi connectivity index (χ0) is 18.9. The van der Waals surface area contributed by atoms with Gasteiger partial charge in [0.15, 0.2) is 0 Å². The first kappa shape index (κ1) is 18.3. The van der Waals surface area contributed by atoms with Crippen LogP contribution in [0.4, 0.5) is 0 Å². The molecule has 2 aromatic heterocycles. The summed E-state index contributed by atoms with van der Waals surface area (Å²) in [7, 11) is 0. The number of hydrogen-bond acceptors (Lipinski definition) is 4. The summed E-state index contributed by atoms with van der Waals surface area (Å²) in [5.41, 5.74) is 2.12. The van der Waals surface area contributed by atoms with Crippen LogP contribution in [0.1, 0.15) is 21.6 Å². The minimum absolute atomic E-state index is 0.262. The predicted octanol–water partition coefficient (Wildman–Crippen LogP) is 2.13. The fourth-order valence-electron chi connectivity index (χ4n) is 2.60. The Kier molecular flexibility index (Phi) is 6.25. The zero-order valence-corrected chi connectivity index (χ0v) is 14.7. The molecule has 1 atom stereocenters. The molecule has 6 nitrogen and oxygen atoms in total. The molecule has 2 heterocycles. The van der Waals surface area contributed by atoms with Crippen molar-refractivity contribution in [3.63, 3.8) is 0 Å². The maximum atomic E-state index is 12.7. The van der Waals surface area contributed by atoms with Gasteiger partial charge >= 0.3 is 0 Å². The van der Waals surface area contributed by atoms with E-state index in [-0.39, 0.29) is 11.8 Å². The van der Waals surface area contributed by atoms with Crippen molar-refractivity contribution < 1.29 is 9.59 Å². The number of amides is 2. The molecule has 0 saturated carbocycles. The molecule has 3 aromatic rings. The van der Waals surface area contributed by atoms with Crippen LogP contribution in [0.2, 0.25) is 0 Å². The fraction of sp³-hybridized carbons (Fsp3) is 0.143. The molecule has 2 amide bonds. The first-order valence-corrected chi connectivity index (χ1v) is 8.65. The number of pyridine rings is 2. The summed E-state index contributed by atoms with van der Waals surface area (Å²) < 4.78 is 0. The molecule has 0 bridgehead atoms. The SMILES string of the molecule is O=C(NC(Cc1ccccc1)C(=O)NCc1ccccn1)c1cccnc1. The lowest BCUT2D eigenvalue weighted by molar-refractivity contribution is -0.123. The second-order valence-electron chi connectivity index (χ2n) is 6.00. The summed E-state index contributed by atoms with van der Waals surface area (Å²) in [6, 6.07) is 17.7. The number of hydrogen-bond donors (Lipinski definition) is 2. The van der Waals surface area contributed by atoms with Gasteiger partial charge in [0.1, 0.15) is 6.04 Å². The molecule has 0 spiro atoms. The summed E-state index contributed by atoms with van der Waals surface area (Å²) in [6.07, 6.45) is 5.13. The Morgan fingerprint density at radius 1 is 0.926 bits per heavy atom. The summed E-state index contributed by atoms with van der Waals surface area (Å²) in [5, 5.41) is 5.65. The van der Waals surface area contributed by atoms with Crippen molar-refractivity contribution in [2.24, 2.45) is 0 Å². The van der Waals surface area contributed by atoms with Crippen LogP contribution in [0, 0.1) is 0 Å². The molecular weight excluding hydrogens is 340 g/mol. The van der Waals surface area contributed by atoms with Crippen molar-refractivity contribution in [3.05, 3.63) is 96.1 Å². The molecule has 0 saturated heterocycles. The lowest BCUT2D eigenvalue weighted by Gasteiger charge is -2.18. The van der Waals surface area contributed by atoms with Gasteiger partial charge in [-0.25, -0.2) is 0 Å². The van der Waals surface area contributed by atoms with E-state index in [2.05, 4.69) is 20.6 Å². The second kappa shape index (κ2) is 9.24. The molecule has 0 aliphatic heterocycles. The highest BCUT2D eigenvalue weighted by Gasteiger charge is 2.22. The van der Waals surface area contributed by atoms with Crippen molar-refractivity contribution in [1.29, 1.82) is 0 Å². The Morgan fingerprint density at radius 2 is 1.74 bits per heavy atom. The molecule has 2 N–H and O–H groups in total. The molecule has 0 aliphatic carbocycles. The predicted molar refractivity (Wildman–Crippen MR) is 102 cm³/mol. The number of nitrogens with one attached hydrogen (secondary N) is 2. The number of nitrogens with zero attached hydrogens (tertiary/aromatic N) is 2. The van der Waals surface area contributed by atoms with E-state index >= 15 is 0 Å². The van der Waals surface area contributed by atoms with Gasteiger partial charge in [-0.15, -0.1) is 0 Å². The van der Waals surface area contributed by atoms with Crippen LogP contribution in [0.25, 0.3) is 0 Å². The van der Waals surface area contributed by atoms with Gasteiger partial charge in [-0.05, 0) is 29.8 Å². The largest absolute Gasteiger partial charge is 0.349 e. The maximum absolute atomic E-state index is 12.7. The van der Waals surface area contributed by atoms with E-state index in [0.717, 1.165) is 11.3 Å². The number of benzene rings is 1. The van der Waals surface area contributed by atoms with Gasteiger partial charge in [0.2, 0.25) is 5.91 Å². The highest BCUT2D eigenvalue weighted by molar-refractivity contribution is 5.97. The minimum Gasteiger partial charge on any atom is -0.349 e. The lowest BCUT2D eigenvalue weighted by Crippen LogP contribution is -2.47. The third-order valence-electron chi connectivity index (χ3n) is 4.00. The van der Waals surface area contributed by atoms with E-state index in [1.807, 2.05) is 48.5 Å². The standard InChI is InChI=1S/C21H20N4O2/c26-20(17-9-6-11-22-14-17)25-19(13-16-7-2-1-3-8-16)21(27)24-15-18-10-4-5-12-23-18/h1-12,14,19H,13,15H2,(H,24,27)(H,25,26). The first-order valence-electron chi connectivity index (χ1n) is 8.65. The van der Waals surface area contributed by atoms with E-state index < -0.39 is 6.04 Å². The van der Waals surface area contributed by atoms with Crippen LogP contribution in [-0.2, 0) is 17.8 Å². The number of carbonyl (C=O) groups excluding carboxylic acids is 2. The van der Waals surface area contributed by atoms with Crippen molar-refractivity contribution in [1.82, 2.24) is 20.6 Å². The van der Waals surface area contributed by atoms with Gasteiger partial charge in [-0.2, -0.15) is 0 Å². The molecule has 1 aromatic carbocycles. The minimum atomic E-state index is -0.705. The van der Waals surface area contributed by atoms with Crippen molar-refractivity contribution >= 4 is 11.8 Å². The molecular formula is C21H20N4O2. The average Bonchev–Trinajstić information content (AvgIpc) is 2.73. The Balaban J connectivity index is 1.70. The van der Waals surface area contributed by atoms with Crippen LogP contribution in [0.5, 0.6) is 0 Å². The summed E-state index contributed by atoms with van der Waals surface area (Å²) in [4.78, 5) is 33.3. The van der Waals surface area contributed by atoms with Crippen LogP contribution in [0.15, 0.2) is 79.3 Å². The van der Waals surface area contributed by atoms with Gasteiger partial charge in [-0.3, -0.25) is 19.6 Å². The quantitative estimate of drug-likeness (QED) is 0.676. The lowest BCUT2D eigenvalue weighted by atomic mass is 10.0. The Labute approximate surface area is 157 Å². The van der Waals surface area contributed by atoms with Crippen molar-refractivity contribution in [3.8, 4) is 0 Å². The van der Waals surface area contributed by atoms with E-state index in [0.29, 0.717) is 18.5 Å². The number of aromatic nitrogens is 2. The van der Waals surface area contributed by atoms with Gasteiger partial charge in [0, 0.05) is 25.0 Å². The summed E-state index contributed by atoms with van der Waals surface area (Å²) in [6.45, 7) is 0.299. The zero-order valence-electron chi connectivity index (χ0n) is 14.7. The van der Waals surface area contributed by atoms with E-state index in [1.54, 1.807) is 24.5 Å². The molecule has 3 rings (SSSR count). The van der Waals surface area contributed by atoms with Gasteiger partial charge in [-0.1, -0.05) is 36.4 Å². The third kappa shape index (κ3) is 5.47. The van der Waals surface area contributed by atoms with Gasteiger partial charge in [0.05, 0.1) is 17.8 Å². The van der Waals surface area contributed by atoms with E-state index in [4.69, 9.17) is 0 Å². The van der Waals surface area contributed by atoms with Crippen LogP contribution in [0.3, 0.4) is 0 Å². The highest BCUT2D eigenvalue weighted by atomic mass is 16.2. The molecule has 0 aliphatic rings. The van der Waals surface area contributed by atoms with E-state index in [1.165, 1.54) is 6.20 Å². The monoisotopic (exact) mass is 360 g/mol. The van der Waals surface area contributed by atoms with Crippen molar-refractivity contribution in [2.45, 2.75) is 19.0 Å². The normalized spacial score (nSPS) is 11.4. The molecule has 136 valence electrons. The van der Waals surface area contributed by atoms with Crippen molar-refractivity contribution in [2.75, 3.05) is 0 Å². The van der Waals surface area contributed by atoms with E-state index in [9.17, 15) is 9.59 Å². The summed E-state index contributed by atoms with van der Waals surface area (Å²) >= 11 is 0. The molecule has 0 radical (unpaired) electrons. The van der Waals surface area contributed by atoms with Crippen LogP contribution < -0.4 is 10.6 Å². The summed E-state index contributed by atoms with van der Waals surface area (Å²) in [5.74, 6) is -0.598. The topological polar surface area (TPSA) is 84.0 Å². The maximum Gasteiger partial charge on any atom is 0.253 e. The van der Waals surface area contributed by atoms with Crippen LogP contribution >= 0.6 is 0 Å².